The molecular formula is C15H19NO4S. The van der Waals surface area contributed by atoms with Crippen molar-refractivity contribution in [3.63, 3.8) is 0 Å². The molecule has 1 aliphatic rings. The number of thioether (sulfide) groups is 1. The van der Waals surface area contributed by atoms with E-state index in [0.29, 0.717) is 35.5 Å². The normalized spacial score (nSPS) is 18.0. The zero-order valence-electron chi connectivity index (χ0n) is 12.1. The van der Waals surface area contributed by atoms with E-state index >= 15 is 0 Å². The molecule has 1 N–H and O–H groups in total. The van der Waals surface area contributed by atoms with Gasteiger partial charge in [0.15, 0.2) is 0 Å². The summed E-state index contributed by atoms with van der Waals surface area (Å²) >= 11 is 1.46. The predicted octanol–water partition coefficient (Wildman–Crippen LogP) is 2.32. The monoisotopic (exact) mass is 309 g/mol. The molecule has 1 aromatic carbocycles. The number of aliphatic carboxylic acids is 1. The van der Waals surface area contributed by atoms with Gasteiger partial charge in [-0.2, -0.15) is 0 Å². The number of carboxylic acids is 1. The van der Waals surface area contributed by atoms with Gasteiger partial charge in [-0.3, -0.25) is 4.79 Å². The Hall–Kier alpha value is -1.69. The van der Waals surface area contributed by atoms with Crippen LogP contribution in [-0.4, -0.2) is 46.2 Å². The molecule has 1 fully saturated rings. The summed E-state index contributed by atoms with van der Waals surface area (Å²) in [4.78, 5) is 24.9. The predicted molar refractivity (Wildman–Crippen MR) is 81.7 cm³/mol. The van der Waals surface area contributed by atoms with Crippen molar-refractivity contribution in [1.82, 2.24) is 4.90 Å². The molecule has 1 heterocycles. The number of hydrogen-bond donors (Lipinski definition) is 1. The van der Waals surface area contributed by atoms with Crippen molar-refractivity contribution >= 4 is 23.6 Å². The van der Waals surface area contributed by atoms with Gasteiger partial charge in [-0.1, -0.05) is 13.8 Å². The number of nitrogens with zero attached hydrogens (tertiary/aromatic N) is 1. The minimum absolute atomic E-state index is 0.247. The molecule has 0 radical (unpaired) electrons. The van der Waals surface area contributed by atoms with Gasteiger partial charge in [-0.15, -0.1) is 11.8 Å². The van der Waals surface area contributed by atoms with Gasteiger partial charge in [-0.25, -0.2) is 4.79 Å². The van der Waals surface area contributed by atoms with Gasteiger partial charge in [0.1, 0.15) is 11.8 Å². The first-order chi connectivity index (χ1) is 9.99. The average Bonchev–Trinajstić information content (AvgIpc) is 2.94. The van der Waals surface area contributed by atoms with Crippen LogP contribution >= 0.6 is 11.8 Å². The second-order valence-electron chi connectivity index (χ2n) is 5.36. The first-order valence-corrected chi connectivity index (χ1v) is 7.99. The van der Waals surface area contributed by atoms with Crippen LogP contribution in [0.15, 0.2) is 24.3 Å². The molecule has 1 atom stereocenters. The highest BCUT2D eigenvalue weighted by molar-refractivity contribution is 7.99. The summed E-state index contributed by atoms with van der Waals surface area (Å²) < 4.78 is 5.56. The SMILES string of the molecule is CC(C)COc1ccc(C(=O)N2CSC[C@H]2C(=O)O)cc1. The third-order valence-corrected chi connectivity index (χ3v) is 4.13. The van der Waals surface area contributed by atoms with Crippen molar-refractivity contribution in [3.05, 3.63) is 29.8 Å². The summed E-state index contributed by atoms with van der Waals surface area (Å²) in [5.74, 6) is 0.807. The Morgan fingerprint density at radius 1 is 1.38 bits per heavy atom. The van der Waals surface area contributed by atoms with Gasteiger partial charge in [0, 0.05) is 11.3 Å². The smallest absolute Gasteiger partial charge is 0.327 e. The maximum absolute atomic E-state index is 12.3. The number of amides is 1. The fourth-order valence-corrected chi connectivity index (χ4v) is 3.11. The van der Waals surface area contributed by atoms with Crippen LogP contribution in [0.1, 0.15) is 24.2 Å². The van der Waals surface area contributed by atoms with Gasteiger partial charge in [0.25, 0.3) is 5.91 Å². The van der Waals surface area contributed by atoms with Gasteiger partial charge >= 0.3 is 5.97 Å². The third-order valence-electron chi connectivity index (χ3n) is 3.11. The van der Waals surface area contributed by atoms with Gasteiger partial charge in [0.05, 0.1) is 12.5 Å². The van der Waals surface area contributed by atoms with Crippen molar-refractivity contribution in [3.8, 4) is 5.75 Å². The Bertz CT molecular complexity index is 515. The average molecular weight is 309 g/mol. The van der Waals surface area contributed by atoms with Gasteiger partial charge in [0.2, 0.25) is 0 Å². The van der Waals surface area contributed by atoms with Gasteiger partial charge < -0.3 is 14.7 Å². The molecule has 1 saturated heterocycles. The molecule has 5 nitrogen and oxygen atoms in total. The summed E-state index contributed by atoms with van der Waals surface area (Å²) in [5.41, 5.74) is 0.487. The van der Waals surface area contributed by atoms with E-state index in [1.54, 1.807) is 24.3 Å². The number of carbonyl (C=O) groups excluding carboxylic acids is 1. The maximum Gasteiger partial charge on any atom is 0.327 e. The number of benzene rings is 1. The second-order valence-corrected chi connectivity index (χ2v) is 6.36. The van der Waals surface area contributed by atoms with Crippen molar-refractivity contribution in [2.75, 3.05) is 18.2 Å². The van der Waals surface area contributed by atoms with E-state index in [-0.39, 0.29) is 5.91 Å². The number of carbonyl (C=O) groups is 2. The molecule has 1 amide bonds. The Morgan fingerprint density at radius 3 is 2.62 bits per heavy atom. The number of carboxylic acid groups (broad SMARTS) is 1. The lowest BCUT2D eigenvalue weighted by Gasteiger charge is -2.20. The largest absolute Gasteiger partial charge is 0.493 e. The Labute approximate surface area is 128 Å². The van der Waals surface area contributed by atoms with Crippen LogP contribution in [0.2, 0.25) is 0 Å². The summed E-state index contributed by atoms with van der Waals surface area (Å²) in [6, 6.07) is 6.11. The minimum atomic E-state index is -0.953. The third kappa shape index (κ3) is 3.91. The summed E-state index contributed by atoms with van der Waals surface area (Å²) in [6.45, 7) is 4.75. The Balaban J connectivity index is 2.04. The van der Waals surface area contributed by atoms with Crippen molar-refractivity contribution in [2.45, 2.75) is 19.9 Å². The molecule has 2 rings (SSSR count). The van der Waals surface area contributed by atoms with Crippen LogP contribution in [-0.2, 0) is 4.79 Å². The van der Waals surface area contributed by atoms with Crippen LogP contribution in [0.25, 0.3) is 0 Å². The Morgan fingerprint density at radius 2 is 2.05 bits per heavy atom. The molecule has 0 spiro atoms. The van der Waals surface area contributed by atoms with E-state index in [0.717, 1.165) is 0 Å². The quantitative estimate of drug-likeness (QED) is 0.904. The van der Waals surface area contributed by atoms with Crippen molar-refractivity contribution < 1.29 is 19.4 Å². The van der Waals surface area contributed by atoms with Crippen LogP contribution in [0.5, 0.6) is 5.75 Å². The van der Waals surface area contributed by atoms with E-state index in [4.69, 9.17) is 9.84 Å². The number of rotatable bonds is 5. The summed E-state index contributed by atoms with van der Waals surface area (Å²) in [5, 5.41) is 9.12. The zero-order chi connectivity index (χ0) is 15.4. The highest BCUT2D eigenvalue weighted by Crippen LogP contribution is 2.24. The standard InChI is InChI=1S/C15H19NO4S/c1-10(2)7-20-12-5-3-11(4-6-12)14(17)16-9-21-8-13(16)15(18)19/h3-6,10,13H,7-9H2,1-2H3,(H,18,19)/t13-/m0/s1. The van der Waals surface area contributed by atoms with Crippen LogP contribution in [0.3, 0.4) is 0 Å². The van der Waals surface area contributed by atoms with E-state index in [9.17, 15) is 9.59 Å². The molecule has 0 aliphatic carbocycles. The lowest BCUT2D eigenvalue weighted by atomic mass is 10.1. The van der Waals surface area contributed by atoms with E-state index < -0.39 is 12.0 Å². The second kappa shape index (κ2) is 6.85. The van der Waals surface area contributed by atoms with E-state index in [1.807, 2.05) is 0 Å². The molecule has 0 saturated carbocycles. The molecule has 21 heavy (non-hydrogen) atoms. The van der Waals surface area contributed by atoms with Crippen LogP contribution < -0.4 is 4.74 Å². The highest BCUT2D eigenvalue weighted by Gasteiger charge is 2.34. The van der Waals surface area contributed by atoms with Crippen molar-refractivity contribution in [1.29, 1.82) is 0 Å². The maximum atomic E-state index is 12.3. The van der Waals surface area contributed by atoms with Crippen molar-refractivity contribution in [2.24, 2.45) is 5.92 Å². The van der Waals surface area contributed by atoms with Crippen LogP contribution in [0.4, 0.5) is 0 Å². The fourth-order valence-electron chi connectivity index (χ4n) is 1.97. The molecule has 6 heteroatoms. The molecule has 1 aromatic rings. The highest BCUT2D eigenvalue weighted by atomic mass is 32.2. The van der Waals surface area contributed by atoms with Gasteiger partial charge in [-0.05, 0) is 30.2 Å². The lowest BCUT2D eigenvalue weighted by Crippen LogP contribution is -2.41. The summed E-state index contributed by atoms with van der Waals surface area (Å²) in [7, 11) is 0. The zero-order valence-corrected chi connectivity index (χ0v) is 12.9. The number of hydrogen-bond acceptors (Lipinski definition) is 4. The molecule has 114 valence electrons. The van der Waals surface area contributed by atoms with Crippen LogP contribution in [0, 0.1) is 5.92 Å². The first kappa shape index (κ1) is 15.7. The minimum Gasteiger partial charge on any atom is -0.493 e. The van der Waals surface area contributed by atoms with E-state index in [2.05, 4.69) is 13.8 Å². The summed E-state index contributed by atoms with van der Waals surface area (Å²) in [6.07, 6.45) is 0. The molecule has 1 aliphatic heterocycles. The van der Waals surface area contributed by atoms with E-state index in [1.165, 1.54) is 16.7 Å². The molecule has 0 aromatic heterocycles. The molecular weight excluding hydrogens is 290 g/mol. The Kier molecular flexibility index (Phi) is 5.12. The number of ether oxygens (including phenoxy) is 1. The first-order valence-electron chi connectivity index (χ1n) is 6.83. The molecule has 0 unspecified atom stereocenters. The lowest BCUT2D eigenvalue weighted by molar-refractivity contribution is -0.140. The molecule has 0 bridgehead atoms. The fraction of sp³-hybridized carbons (Fsp3) is 0.467. The topological polar surface area (TPSA) is 66.8 Å².